The van der Waals surface area contributed by atoms with Crippen LogP contribution in [0.3, 0.4) is 0 Å². The Hall–Kier alpha value is 0.270. The number of carbonyl (C=O) groups excluding carboxylic acids is 1. The highest BCUT2D eigenvalue weighted by Gasteiger charge is 2.41. The minimum Gasteiger partial charge on any atom is -0.285 e. The molecule has 1 fully saturated rings. The van der Waals surface area contributed by atoms with Gasteiger partial charge in [-0.3, -0.25) is 9.69 Å². The van der Waals surface area contributed by atoms with Gasteiger partial charge in [-0.15, -0.1) is 12.4 Å². The van der Waals surface area contributed by atoms with Crippen LogP contribution in [0.4, 0.5) is 0 Å². The molecule has 0 spiro atoms. The molecule has 0 N–H and O–H groups in total. The van der Waals surface area contributed by atoms with E-state index in [0.717, 1.165) is 0 Å². The molecule has 0 amide bonds. The van der Waals surface area contributed by atoms with Crippen LogP contribution in [0.25, 0.3) is 0 Å². The van der Waals surface area contributed by atoms with Gasteiger partial charge in [0.1, 0.15) is 0 Å². The third kappa shape index (κ3) is 1.89. The van der Waals surface area contributed by atoms with Gasteiger partial charge < -0.3 is 0 Å². The first-order chi connectivity index (χ1) is 4.45. The summed E-state index contributed by atoms with van der Waals surface area (Å²) >= 11 is 1.43. The number of thioether (sulfide) groups is 1. The van der Waals surface area contributed by atoms with Crippen molar-refractivity contribution in [3.8, 4) is 0 Å². The standard InChI is InChI=1S/C7H13NOS.ClH/c1-5-6(9)10-7(2,3)8(5)4;/h5H,1-4H3;1H. The molecule has 1 aliphatic rings. The maximum Gasteiger partial charge on any atom is 0.207 e. The van der Waals surface area contributed by atoms with Crippen LogP contribution in [0.5, 0.6) is 0 Å². The van der Waals surface area contributed by atoms with Crippen molar-refractivity contribution in [3.05, 3.63) is 0 Å². The van der Waals surface area contributed by atoms with Crippen LogP contribution in [0.15, 0.2) is 0 Å². The van der Waals surface area contributed by atoms with Crippen LogP contribution in [0.1, 0.15) is 20.8 Å². The molecule has 0 bridgehead atoms. The lowest BCUT2D eigenvalue weighted by atomic mass is 10.2. The van der Waals surface area contributed by atoms with Crippen molar-refractivity contribution in [2.24, 2.45) is 0 Å². The van der Waals surface area contributed by atoms with Gasteiger partial charge in [-0.25, -0.2) is 0 Å². The summed E-state index contributed by atoms with van der Waals surface area (Å²) in [6, 6.07) is 0.0833. The van der Waals surface area contributed by atoms with E-state index in [9.17, 15) is 4.79 Å². The number of hydrogen-bond donors (Lipinski definition) is 0. The molecule has 1 atom stereocenters. The van der Waals surface area contributed by atoms with Gasteiger partial charge in [-0.2, -0.15) is 0 Å². The van der Waals surface area contributed by atoms with E-state index in [1.165, 1.54) is 11.8 Å². The van der Waals surface area contributed by atoms with Crippen molar-refractivity contribution in [2.45, 2.75) is 31.7 Å². The second-order valence-corrected chi connectivity index (χ2v) is 4.76. The molecule has 1 heterocycles. The second kappa shape index (κ2) is 3.33. The molecule has 0 aromatic heterocycles. The summed E-state index contributed by atoms with van der Waals surface area (Å²) in [5, 5.41) is 0.285. The molecule has 0 aromatic carbocycles. The minimum atomic E-state index is -0.00347. The molecule has 1 saturated heterocycles. The largest absolute Gasteiger partial charge is 0.285 e. The smallest absolute Gasteiger partial charge is 0.207 e. The number of halogens is 1. The van der Waals surface area contributed by atoms with E-state index in [1.807, 2.05) is 14.0 Å². The van der Waals surface area contributed by atoms with Crippen molar-refractivity contribution in [3.63, 3.8) is 0 Å². The SMILES string of the molecule is CC1C(=O)SC(C)(C)N1C.Cl. The fraction of sp³-hybridized carbons (Fsp3) is 0.857. The fourth-order valence-corrected chi connectivity index (χ4v) is 2.15. The van der Waals surface area contributed by atoms with Gasteiger partial charge >= 0.3 is 0 Å². The second-order valence-electron chi connectivity index (χ2n) is 3.15. The first-order valence-corrected chi connectivity index (χ1v) is 4.22. The van der Waals surface area contributed by atoms with Crippen LogP contribution < -0.4 is 0 Å². The zero-order valence-electron chi connectivity index (χ0n) is 7.25. The summed E-state index contributed by atoms with van der Waals surface area (Å²) in [5.41, 5.74) is 0. The fourth-order valence-electron chi connectivity index (χ4n) is 1.03. The third-order valence-corrected chi connectivity index (χ3v) is 3.45. The molecule has 1 unspecified atom stereocenters. The average molecular weight is 196 g/mol. The summed E-state index contributed by atoms with van der Waals surface area (Å²) in [5.74, 6) is 0. The number of likely N-dealkylation sites (N-methyl/N-ethyl adjacent to an activating group) is 1. The van der Waals surface area contributed by atoms with E-state index in [2.05, 4.69) is 18.7 Å². The van der Waals surface area contributed by atoms with E-state index in [1.54, 1.807) is 0 Å². The summed E-state index contributed by atoms with van der Waals surface area (Å²) in [6.45, 7) is 6.09. The zero-order chi connectivity index (χ0) is 7.94. The molecule has 0 radical (unpaired) electrons. The highest BCUT2D eigenvalue weighted by atomic mass is 35.5. The van der Waals surface area contributed by atoms with E-state index in [0.29, 0.717) is 0 Å². The van der Waals surface area contributed by atoms with Crippen LogP contribution in [-0.4, -0.2) is 28.0 Å². The van der Waals surface area contributed by atoms with Gasteiger partial charge in [0.05, 0.1) is 10.9 Å². The van der Waals surface area contributed by atoms with Crippen molar-refractivity contribution >= 4 is 29.3 Å². The number of hydrogen-bond acceptors (Lipinski definition) is 3. The summed E-state index contributed by atoms with van der Waals surface area (Å²) in [7, 11) is 1.99. The predicted octanol–water partition coefficient (Wildman–Crippen LogP) is 1.74. The normalized spacial score (nSPS) is 30.2. The molecule has 11 heavy (non-hydrogen) atoms. The van der Waals surface area contributed by atoms with E-state index >= 15 is 0 Å². The van der Waals surface area contributed by atoms with Gasteiger partial charge in [0.15, 0.2) is 0 Å². The summed E-state index contributed by atoms with van der Waals surface area (Å²) in [6.07, 6.45) is 0. The lowest BCUT2D eigenvalue weighted by molar-refractivity contribution is -0.113. The monoisotopic (exact) mass is 195 g/mol. The highest BCUT2D eigenvalue weighted by Crippen LogP contribution is 2.37. The Labute approximate surface area is 78.1 Å². The Morgan fingerprint density at radius 3 is 2.09 bits per heavy atom. The lowest BCUT2D eigenvalue weighted by Crippen LogP contribution is -2.37. The number of carbonyl (C=O) groups is 1. The molecule has 1 aliphatic heterocycles. The molecular weight excluding hydrogens is 182 g/mol. The zero-order valence-corrected chi connectivity index (χ0v) is 8.88. The Kier molecular flexibility index (Phi) is 3.42. The molecule has 1 rings (SSSR count). The maximum absolute atomic E-state index is 11.1. The van der Waals surface area contributed by atoms with Gasteiger partial charge in [0.2, 0.25) is 5.12 Å². The Morgan fingerprint density at radius 2 is 2.00 bits per heavy atom. The molecule has 4 heteroatoms. The molecule has 0 saturated carbocycles. The van der Waals surface area contributed by atoms with Gasteiger partial charge in [0.25, 0.3) is 0 Å². The first kappa shape index (κ1) is 11.3. The van der Waals surface area contributed by atoms with Crippen molar-refractivity contribution in [1.82, 2.24) is 4.90 Å². The average Bonchev–Trinajstić information content (AvgIpc) is 1.95. The van der Waals surface area contributed by atoms with Crippen LogP contribution in [0.2, 0.25) is 0 Å². The third-order valence-electron chi connectivity index (χ3n) is 2.12. The van der Waals surface area contributed by atoms with Crippen molar-refractivity contribution in [1.29, 1.82) is 0 Å². The van der Waals surface area contributed by atoms with E-state index in [4.69, 9.17) is 0 Å². The molecule has 2 nitrogen and oxygen atoms in total. The quantitative estimate of drug-likeness (QED) is 0.588. The number of nitrogens with zero attached hydrogens (tertiary/aromatic N) is 1. The Bertz CT molecular complexity index is 172. The predicted molar refractivity (Wildman–Crippen MR) is 51.2 cm³/mol. The molecule has 0 aromatic rings. The van der Waals surface area contributed by atoms with Crippen LogP contribution >= 0.6 is 24.2 Å². The van der Waals surface area contributed by atoms with E-state index < -0.39 is 0 Å². The van der Waals surface area contributed by atoms with Crippen molar-refractivity contribution in [2.75, 3.05) is 7.05 Å². The summed E-state index contributed by atoms with van der Waals surface area (Å²) in [4.78, 5) is 13.2. The van der Waals surface area contributed by atoms with Crippen molar-refractivity contribution < 1.29 is 4.79 Å². The number of rotatable bonds is 0. The maximum atomic E-state index is 11.1. The summed E-state index contributed by atoms with van der Waals surface area (Å²) < 4.78 is 0. The molecular formula is C7H14ClNOS. The van der Waals surface area contributed by atoms with E-state index in [-0.39, 0.29) is 28.4 Å². The topological polar surface area (TPSA) is 20.3 Å². The highest BCUT2D eigenvalue weighted by molar-refractivity contribution is 8.15. The minimum absolute atomic E-state index is 0. The molecule has 0 aliphatic carbocycles. The van der Waals surface area contributed by atoms with Gasteiger partial charge in [-0.05, 0) is 27.8 Å². The van der Waals surface area contributed by atoms with Crippen LogP contribution in [-0.2, 0) is 4.79 Å². The Morgan fingerprint density at radius 1 is 1.55 bits per heavy atom. The van der Waals surface area contributed by atoms with Gasteiger partial charge in [-0.1, -0.05) is 11.8 Å². The molecule has 66 valence electrons. The van der Waals surface area contributed by atoms with Gasteiger partial charge in [0, 0.05) is 0 Å². The first-order valence-electron chi connectivity index (χ1n) is 3.41. The lowest BCUT2D eigenvalue weighted by Gasteiger charge is -2.27. The Balaban J connectivity index is 0.000001000. The van der Waals surface area contributed by atoms with Crippen LogP contribution in [0, 0.1) is 0 Å².